The number of nitro benzene ring substituents is 1. The first kappa shape index (κ1) is 10.2. The van der Waals surface area contributed by atoms with Gasteiger partial charge in [-0.15, -0.1) is 10.2 Å². The molecule has 1 heterocycles. The number of nitro groups is 1. The molecule has 0 atom stereocenters. The first-order chi connectivity index (χ1) is 7.70. The molecule has 0 unspecified atom stereocenters. The van der Waals surface area contributed by atoms with Crippen molar-refractivity contribution in [1.29, 1.82) is 0 Å². The minimum atomic E-state index is -0.451. The highest BCUT2D eigenvalue weighted by Crippen LogP contribution is 2.19. The van der Waals surface area contributed by atoms with Crippen LogP contribution in [-0.4, -0.2) is 25.1 Å². The largest absolute Gasteiger partial charge is 0.270 e. The van der Waals surface area contributed by atoms with Crippen LogP contribution in [0.1, 0.15) is 6.92 Å². The lowest BCUT2D eigenvalue weighted by Gasteiger charge is -1.94. The average Bonchev–Trinajstić information content (AvgIpc) is 2.77. The van der Waals surface area contributed by atoms with Crippen molar-refractivity contribution in [3.63, 3.8) is 0 Å². The molecule has 0 fully saturated rings. The second-order valence-corrected chi connectivity index (χ2v) is 3.11. The summed E-state index contributed by atoms with van der Waals surface area (Å²) in [6, 6.07) is 6.16. The van der Waals surface area contributed by atoms with Crippen molar-refractivity contribution in [2.45, 2.75) is 13.5 Å². The Bertz CT molecular complexity index is 522. The summed E-state index contributed by atoms with van der Waals surface area (Å²) >= 11 is 0. The molecule has 7 nitrogen and oxygen atoms in total. The van der Waals surface area contributed by atoms with E-state index in [1.807, 2.05) is 6.92 Å². The van der Waals surface area contributed by atoms with Crippen molar-refractivity contribution >= 4 is 5.69 Å². The van der Waals surface area contributed by atoms with Crippen molar-refractivity contribution in [2.24, 2.45) is 0 Å². The van der Waals surface area contributed by atoms with Gasteiger partial charge in [-0.2, -0.15) is 4.80 Å². The third kappa shape index (κ3) is 1.88. The molecule has 2 rings (SSSR count). The maximum absolute atomic E-state index is 10.6. The molecule has 0 spiro atoms. The fourth-order valence-corrected chi connectivity index (χ4v) is 1.25. The molecule has 1 aromatic heterocycles. The maximum Gasteiger partial charge on any atom is 0.270 e. The van der Waals surface area contributed by atoms with Gasteiger partial charge in [0.25, 0.3) is 5.69 Å². The van der Waals surface area contributed by atoms with Crippen LogP contribution in [0, 0.1) is 10.1 Å². The monoisotopic (exact) mass is 219 g/mol. The smallest absolute Gasteiger partial charge is 0.258 e. The molecule has 82 valence electrons. The number of hydrogen-bond donors (Lipinski definition) is 0. The van der Waals surface area contributed by atoms with Gasteiger partial charge in [0, 0.05) is 17.7 Å². The molecule has 0 N–H and O–H groups in total. The molecule has 1 aromatic carbocycles. The van der Waals surface area contributed by atoms with Crippen molar-refractivity contribution in [3.05, 3.63) is 34.4 Å². The molecule has 0 bridgehead atoms. The van der Waals surface area contributed by atoms with Crippen LogP contribution in [0.5, 0.6) is 0 Å². The zero-order chi connectivity index (χ0) is 11.5. The van der Waals surface area contributed by atoms with Gasteiger partial charge < -0.3 is 0 Å². The van der Waals surface area contributed by atoms with E-state index in [1.54, 1.807) is 12.1 Å². The molecular formula is C9H9N5O2. The second-order valence-electron chi connectivity index (χ2n) is 3.11. The number of benzene rings is 1. The van der Waals surface area contributed by atoms with Gasteiger partial charge in [0.1, 0.15) is 0 Å². The van der Waals surface area contributed by atoms with Crippen molar-refractivity contribution in [2.75, 3.05) is 0 Å². The molecule has 0 amide bonds. The fraction of sp³-hybridized carbons (Fsp3) is 0.222. The molecule has 2 aromatic rings. The Morgan fingerprint density at radius 1 is 1.50 bits per heavy atom. The molecule has 16 heavy (non-hydrogen) atoms. The van der Waals surface area contributed by atoms with Crippen LogP contribution in [0.3, 0.4) is 0 Å². The number of aryl methyl sites for hydroxylation is 1. The zero-order valence-electron chi connectivity index (χ0n) is 8.57. The number of hydrogen-bond acceptors (Lipinski definition) is 5. The third-order valence-corrected chi connectivity index (χ3v) is 2.05. The topological polar surface area (TPSA) is 86.7 Å². The lowest BCUT2D eigenvalue weighted by atomic mass is 10.2. The standard InChI is InChI=1S/C9H9N5O2/c1-2-13-11-9(10-12-13)7-4-3-5-8(6-7)14(15)16/h3-6H,2H2,1H3. The molecule has 0 aliphatic heterocycles. The molecule has 0 saturated heterocycles. The van der Waals surface area contributed by atoms with Gasteiger partial charge in [-0.05, 0) is 12.1 Å². The molecule has 0 radical (unpaired) electrons. The Kier molecular flexibility index (Phi) is 2.59. The minimum Gasteiger partial charge on any atom is -0.258 e. The number of tetrazole rings is 1. The highest BCUT2D eigenvalue weighted by Gasteiger charge is 2.10. The predicted octanol–water partition coefficient (Wildman–Crippen LogP) is 1.27. The molecule has 0 aliphatic carbocycles. The number of rotatable bonds is 3. The van der Waals surface area contributed by atoms with Gasteiger partial charge in [-0.3, -0.25) is 10.1 Å². The van der Waals surface area contributed by atoms with Crippen LogP contribution in [0.25, 0.3) is 11.4 Å². The summed E-state index contributed by atoms with van der Waals surface area (Å²) in [6.45, 7) is 2.50. The summed E-state index contributed by atoms with van der Waals surface area (Å²) in [6.07, 6.45) is 0. The second kappa shape index (κ2) is 4.05. The number of non-ortho nitro benzene ring substituents is 1. The van der Waals surface area contributed by atoms with Gasteiger partial charge in [0.2, 0.25) is 5.82 Å². The zero-order valence-corrected chi connectivity index (χ0v) is 8.57. The van der Waals surface area contributed by atoms with Crippen molar-refractivity contribution < 1.29 is 4.92 Å². The SMILES string of the molecule is CCn1nnc(-c2cccc([N+](=O)[O-])c2)n1. The Morgan fingerprint density at radius 2 is 2.31 bits per heavy atom. The Morgan fingerprint density at radius 3 is 2.94 bits per heavy atom. The fourth-order valence-electron chi connectivity index (χ4n) is 1.25. The number of nitrogens with zero attached hydrogens (tertiary/aromatic N) is 5. The van der Waals surface area contributed by atoms with Crippen LogP contribution in [0.2, 0.25) is 0 Å². The molecular weight excluding hydrogens is 210 g/mol. The van der Waals surface area contributed by atoms with Crippen LogP contribution in [0.15, 0.2) is 24.3 Å². The quantitative estimate of drug-likeness (QED) is 0.573. The van der Waals surface area contributed by atoms with E-state index >= 15 is 0 Å². The van der Waals surface area contributed by atoms with E-state index in [-0.39, 0.29) is 5.69 Å². The number of aromatic nitrogens is 4. The van der Waals surface area contributed by atoms with Crippen LogP contribution >= 0.6 is 0 Å². The molecule has 0 saturated carbocycles. The summed E-state index contributed by atoms with van der Waals surface area (Å²) in [7, 11) is 0. The predicted molar refractivity (Wildman–Crippen MR) is 55.6 cm³/mol. The third-order valence-electron chi connectivity index (χ3n) is 2.05. The van der Waals surface area contributed by atoms with Crippen molar-refractivity contribution in [3.8, 4) is 11.4 Å². The minimum absolute atomic E-state index is 0.0188. The summed E-state index contributed by atoms with van der Waals surface area (Å²) in [5, 5.41) is 22.3. The Balaban J connectivity index is 2.40. The van der Waals surface area contributed by atoms with Crippen LogP contribution < -0.4 is 0 Å². The first-order valence-corrected chi connectivity index (χ1v) is 4.73. The van der Waals surface area contributed by atoms with E-state index in [2.05, 4.69) is 15.4 Å². The molecule has 0 aliphatic rings. The van der Waals surface area contributed by atoms with Crippen LogP contribution in [0.4, 0.5) is 5.69 Å². The van der Waals surface area contributed by atoms with E-state index in [0.717, 1.165) is 0 Å². The summed E-state index contributed by atoms with van der Waals surface area (Å²) in [5.74, 6) is 0.394. The summed E-state index contributed by atoms with van der Waals surface area (Å²) in [4.78, 5) is 11.6. The van der Waals surface area contributed by atoms with E-state index < -0.39 is 4.92 Å². The maximum atomic E-state index is 10.6. The highest BCUT2D eigenvalue weighted by molar-refractivity contribution is 5.58. The lowest BCUT2D eigenvalue weighted by molar-refractivity contribution is -0.384. The van der Waals surface area contributed by atoms with E-state index in [1.165, 1.54) is 16.9 Å². The first-order valence-electron chi connectivity index (χ1n) is 4.73. The van der Waals surface area contributed by atoms with Gasteiger partial charge in [-0.25, -0.2) is 0 Å². The van der Waals surface area contributed by atoms with Gasteiger partial charge in [0.05, 0.1) is 11.5 Å². The van der Waals surface area contributed by atoms with E-state index in [4.69, 9.17) is 0 Å². The molecule has 7 heteroatoms. The Labute approximate surface area is 90.9 Å². The normalized spacial score (nSPS) is 10.3. The Hall–Kier alpha value is -2.31. The summed E-state index contributed by atoms with van der Waals surface area (Å²) < 4.78 is 0. The lowest BCUT2D eigenvalue weighted by Crippen LogP contribution is -1.98. The van der Waals surface area contributed by atoms with Gasteiger partial charge >= 0.3 is 0 Å². The summed E-state index contributed by atoms with van der Waals surface area (Å²) in [5.41, 5.74) is 0.610. The van der Waals surface area contributed by atoms with Gasteiger partial charge in [-0.1, -0.05) is 12.1 Å². The van der Waals surface area contributed by atoms with Crippen LogP contribution in [-0.2, 0) is 6.54 Å². The van der Waals surface area contributed by atoms with Crippen molar-refractivity contribution in [1.82, 2.24) is 20.2 Å². The van der Waals surface area contributed by atoms with E-state index in [0.29, 0.717) is 17.9 Å². The average molecular weight is 219 g/mol. The van der Waals surface area contributed by atoms with E-state index in [9.17, 15) is 10.1 Å². The van der Waals surface area contributed by atoms with Gasteiger partial charge in [0.15, 0.2) is 0 Å². The highest BCUT2D eigenvalue weighted by atomic mass is 16.6.